The maximum absolute atomic E-state index is 13.8. The number of nitrogen functional groups attached to an aromatic ring is 1. The minimum atomic E-state index is -0.410. The Balaban J connectivity index is 2.11. The van der Waals surface area contributed by atoms with E-state index in [9.17, 15) is 4.39 Å². The first kappa shape index (κ1) is 11.1. The lowest BCUT2D eigenvalue weighted by Crippen LogP contribution is -2.16. The molecule has 1 unspecified atom stereocenters. The van der Waals surface area contributed by atoms with Crippen LogP contribution in [0.5, 0.6) is 0 Å². The van der Waals surface area contributed by atoms with Crippen LogP contribution in [0, 0.1) is 5.82 Å². The second kappa shape index (κ2) is 4.33. The third-order valence-electron chi connectivity index (χ3n) is 3.32. The number of nitrogens with two attached hydrogens (primary N) is 1. The molecule has 2 heterocycles. The van der Waals surface area contributed by atoms with Gasteiger partial charge in [-0.2, -0.15) is 0 Å². The van der Waals surface area contributed by atoms with Crippen molar-refractivity contribution in [2.45, 2.75) is 25.2 Å². The van der Waals surface area contributed by atoms with Gasteiger partial charge in [-0.15, -0.1) is 0 Å². The van der Waals surface area contributed by atoms with Gasteiger partial charge >= 0.3 is 0 Å². The second-order valence-electron chi connectivity index (χ2n) is 4.45. The van der Waals surface area contributed by atoms with Crippen LogP contribution in [0.25, 0.3) is 0 Å². The molecule has 18 heavy (non-hydrogen) atoms. The van der Waals surface area contributed by atoms with Gasteiger partial charge in [0.05, 0.1) is 17.6 Å². The van der Waals surface area contributed by atoms with Crippen LogP contribution in [0.4, 0.5) is 10.3 Å². The highest BCUT2D eigenvalue weighted by molar-refractivity contribution is 5.34. The first-order valence-corrected chi connectivity index (χ1v) is 5.97. The first-order chi connectivity index (χ1) is 8.75. The summed E-state index contributed by atoms with van der Waals surface area (Å²) in [6.07, 6.45) is 5.71. The van der Waals surface area contributed by atoms with Gasteiger partial charge in [0.1, 0.15) is 0 Å². The Morgan fingerprint density at radius 3 is 3.06 bits per heavy atom. The lowest BCUT2D eigenvalue weighted by Gasteiger charge is -2.23. The van der Waals surface area contributed by atoms with Gasteiger partial charge in [-0.25, -0.2) is 14.4 Å². The molecule has 2 aromatic rings. The molecule has 0 aromatic carbocycles. The normalized spacial score (nSPS) is 18.4. The quantitative estimate of drug-likeness (QED) is 0.834. The molecule has 2 aromatic heterocycles. The van der Waals surface area contributed by atoms with Gasteiger partial charge in [0.25, 0.3) is 0 Å². The lowest BCUT2D eigenvalue weighted by molar-refractivity contribution is 0.531. The Morgan fingerprint density at radius 2 is 2.17 bits per heavy atom. The number of aromatic nitrogens is 3. The van der Waals surface area contributed by atoms with Crippen LogP contribution in [0.15, 0.2) is 24.5 Å². The first-order valence-electron chi connectivity index (χ1n) is 5.97. The third kappa shape index (κ3) is 1.81. The third-order valence-corrected chi connectivity index (χ3v) is 3.32. The van der Waals surface area contributed by atoms with Crippen LogP contribution in [0.2, 0.25) is 0 Å². The summed E-state index contributed by atoms with van der Waals surface area (Å²) in [4.78, 5) is 12.1. The van der Waals surface area contributed by atoms with Gasteiger partial charge < -0.3 is 5.73 Å². The van der Waals surface area contributed by atoms with Crippen LogP contribution in [-0.2, 0) is 6.42 Å². The van der Waals surface area contributed by atoms with E-state index in [1.807, 2.05) is 12.1 Å². The average molecular weight is 244 g/mol. The van der Waals surface area contributed by atoms with Crippen LogP contribution in [0.1, 0.15) is 35.7 Å². The summed E-state index contributed by atoms with van der Waals surface area (Å²) in [5.41, 5.74) is 8.00. The van der Waals surface area contributed by atoms with E-state index < -0.39 is 5.82 Å². The Bertz CT molecular complexity index is 585. The van der Waals surface area contributed by atoms with E-state index in [1.165, 1.54) is 5.56 Å². The van der Waals surface area contributed by atoms with E-state index in [2.05, 4.69) is 15.0 Å². The molecule has 5 heteroatoms. The standard InChI is InChI=1S/C13H13FN4/c14-10-7-17-13(15)18-12(10)9-5-1-3-8-4-2-6-16-11(8)9/h2,4,6-7,9H,1,3,5H2,(H2,15,17,18). The molecule has 92 valence electrons. The molecule has 1 atom stereocenters. The molecule has 0 saturated carbocycles. The van der Waals surface area contributed by atoms with Crippen molar-refractivity contribution < 1.29 is 4.39 Å². The molecule has 3 rings (SSSR count). The number of halogens is 1. The fraction of sp³-hybridized carbons (Fsp3) is 0.308. The number of hydrogen-bond acceptors (Lipinski definition) is 4. The highest BCUT2D eigenvalue weighted by Crippen LogP contribution is 2.35. The zero-order valence-corrected chi connectivity index (χ0v) is 9.81. The summed E-state index contributed by atoms with van der Waals surface area (Å²) in [7, 11) is 0. The summed E-state index contributed by atoms with van der Waals surface area (Å²) in [5.74, 6) is -0.414. The molecule has 0 saturated heterocycles. The number of pyridine rings is 1. The Kier molecular flexibility index (Phi) is 2.66. The zero-order valence-electron chi connectivity index (χ0n) is 9.81. The minimum Gasteiger partial charge on any atom is -0.368 e. The number of hydrogen-bond donors (Lipinski definition) is 1. The molecule has 0 bridgehead atoms. The van der Waals surface area contributed by atoms with Crippen LogP contribution < -0.4 is 5.73 Å². The van der Waals surface area contributed by atoms with Crippen molar-refractivity contribution in [2.75, 3.05) is 5.73 Å². The second-order valence-corrected chi connectivity index (χ2v) is 4.45. The van der Waals surface area contributed by atoms with Crippen LogP contribution in [-0.4, -0.2) is 15.0 Å². The van der Waals surface area contributed by atoms with E-state index in [4.69, 9.17) is 5.73 Å². The van der Waals surface area contributed by atoms with Gasteiger partial charge in [0, 0.05) is 12.1 Å². The highest BCUT2D eigenvalue weighted by Gasteiger charge is 2.26. The van der Waals surface area contributed by atoms with E-state index >= 15 is 0 Å². The van der Waals surface area contributed by atoms with Crippen molar-refractivity contribution in [1.82, 2.24) is 15.0 Å². The highest BCUT2D eigenvalue weighted by atomic mass is 19.1. The van der Waals surface area contributed by atoms with E-state index in [0.29, 0.717) is 5.69 Å². The molecule has 1 aliphatic rings. The molecule has 0 radical (unpaired) electrons. The molecule has 1 aliphatic carbocycles. The van der Waals surface area contributed by atoms with Crippen molar-refractivity contribution in [3.63, 3.8) is 0 Å². The minimum absolute atomic E-state index is 0.106. The molecular weight excluding hydrogens is 231 g/mol. The van der Waals surface area contributed by atoms with Crippen molar-refractivity contribution in [3.8, 4) is 0 Å². The maximum Gasteiger partial charge on any atom is 0.220 e. The number of rotatable bonds is 1. The van der Waals surface area contributed by atoms with Crippen LogP contribution in [0.3, 0.4) is 0 Å². The number of fused-ring (bicyclic) bond motifs is 1. The number of anilines is 1. The molecule has 0 fully saturated rings. The summed E-state index contributed by atoms with van der Waals surface area (Å²) in [6.45, 7) is 0. The van der Waals surface area contributed by atoms with E-state index in [-0.39, 0.29) is 11.9 Å². The van der Waals surface area contributed by atoms with E-state index in [0.717, 1.165) is 31.2 Å². The molecule has 4 nitrogen and oxygen atoms in total. The fourth-order valence-electron chi connectivity index (χ4n) is 2.51. The molecular formula is C13H13FN4. The van der Waals surface area contributed by atoms with Gasteiger partial charge in [-0.05, 0) is 30.9 Å². The van der Waals surface area contributed by atoms with E-state index in [1.54, 1.807) is 6.20 Å². The van der Waals surface area contributed by atoms with Gasteiger partial charge in [0.15, 0.2) is 5.82 Å². The van der Waals surface area contributed by atoms with Crippen molar-refractivity contribution in [3.05, 3.63) is 47.3 Å². The Labute approximate surface area is 104 Å². The smallest absolute Gasteiger partial charge is 0.220 e. The summed E-state index contributed by atoms with van der Waals surface area (Å²) >= 11 is 0. The van der Waals surface area contributed by atoms with Crippen LogP contribution >= 0.6 is 0 Å². The van der Waals surface area contributed by atoms with Gasteiger partial charge in [0.2, 0.25) is 5.95 Å². The van der Waals surface area contributed by atoms with Gasteiger partial charge in [-0.3, -0.25) is 4.98 Å². The van der Waals surface area contributed by atoms with Crippen molar-refractivity contribution >= 4 is 5.95 Å². The lowest BCUT2D eigenvalue weighted by atomic mass is 9.84. The van der Waals surface area contributed by atoms with Gasteiger partial charge in [-0.1, -0.05) is 6.07 Å². The van der Waals surface area contributed by atoms with Crippen molar-refractivity contribution in [2.24, 2.45) is 0 Å². The maximum atomic E-state index is 13.8. The predicted molar refractivity (Wildman–Crippen MR) is 65.4 cm³/mol. The Morgan fingerprint density at radius 1 is 1.28 bits per heavy atom. The summed E-state index contributed by atoms with van der Waals surface area (Å²) < 4.78 is 13.8. The largest absolute Gasteiger partial charge is 0.368 e. The summed E-state index contributed by atoms with van der Waals surface area (Å²) in [5, 5.41) is 0. The fourth-order valence-corrected chi connectivity index (χ4v) is 2.51. The predicted octanol–water partition coefficient (Wildman–Crippen LogP) is 2.06. The number of aryl methyl sites for hydroxylation is 1. The Hall–Kier alpha value is -2.04. The SMILES string of the molecule is Nc1ncc(F)c(C2CCCc3cccnc32)n1. The molecule has 2 N–H and O–H groups in total. The monoisotopic (exact) mass is 244 g/mol. The molecule has 0 amide bonds. The number of nitrogens with zero attached hydrogens (tertiary/aromatic N) is 3. The molecule has 0 aliphatic heterocycles. The topological polar surface area (TPSA) is 64.7 Å². The zero-order chi connectivity index (χ0) is 12.5. The molecule has 0 spiro atoms. The summed E-state index contributed by atoms with van der Waals surface area (Å²) in [6, 6.07) is 3.95. The van der Waals surface area contributed by atoms with Crippen molar-refractivity contribution in [1.29, 1.82) is 0 Å². The average Bonchev–Trinajstić information content (AvgIpc) is 2.41.